The molecule has 0 N–H and O–H groups in total. The first-order chi connectivity index (χ1) is 12.5. The van der Waals surface area contributed by atoms with Gasteiger partial charge in [-0.1, -0.05) is 0 Å². The number of carbonyl (C=O) groups is 2. The van der Waals surface area contributed by atoms with Gasteiger partial charge in [-0.05, 0) is 48.5 Å². The molecule has 2 aromatic carbocycles. The molecule has 0 radical (unpaired) electrons. The molecule has 0 atom stereocenters. The minimum Gasteiger partial charge on any atom is -0.427 e. The van der Waals surface area contributed by atoms with Crippen molar-refractivity contribution in [2.24, 2.45) is 0 Å². The van der Waals surface area contributed by atoms with Crippen LogP contribution in [0, 0.1) is 0 Å². The van der Waals surface area contributed by atoms with Crippen molar-refractivity contribution >= 4 is 31.6 Å². The SMILES string of the molecule is CC(=O)Oc1ccc(S(=O)(=O)CS(=O)(=O)c2ccc(OC(C)=O)cc2)cc1. The summed E-state index contributed by atoms with van der Waals surface area (Å²) in [5.41, 5.74) is 0. The van der Waals surface area contributed by atoms with E-state index in [1.54, 1.807) is 0 Å². The van der Waals surface area contributed by atoms with Crippen molar-refractivity contribution in [3.05, 3.63) is 48.5 Å². The average Bonchev–Trinajstić information content (AvgIpc) is 2.53. The lowest BCUT2D eigenvalue weighted by molar-refractivity contribution is -0.132. The number of hydrogen-bond acceptors (Lipinski definition) is 8. The number of sulfone groups is 2. The summed E-state index contributed by atoms with van der Waals surface area (Å²) >= 11 is 0. The van der Waals surface area contributed by atoms with Crippen molar-refractivity contribution in [1.82, 2.24) is 0 Å². The van der Waals surface area contributed by atoms with Crippen LogP contribution in [0.15, 0.2) is 58.3 Å². The van der Waals surface area contributed by atoms with Gasteiger partial charge in [-0.25, -0.2) is 16.8 Å². The van der Waals surface area contributed by atoms with E-state index in [2.05, 4.69) is 0 Å². The average molecular weight is 412 g/mol. The Balaban J connectivity index is 2.22. The number of benzene rings is 2. The lowest BCUT2D eigenvalue weighted by atomic mass is 10.3. The largest absolute Gasteiger partial charge is 0.427 e. The number of hydrogen-bond donors (Lipinski definition) is 0. The molecule has 0 fully saturated rings. The second kappa shape index (κ2) is 7.89. The van der Waals surface area contributed by atoms with Crippen LogP contribution in [-0.4, -0.2) is 33.9 Å². The Bertz CT molecular complexity index is 963. The third kappa shape index (κ3) is 5.63. The van der Waals surface area contributed by atoms with E-state index in [0.29, 0.717) is 0 Å². The Hall–Kier alpha value is -2.72. The van der Waals surface area contributed by atoms with Crippen molar-refractivity contribution in [1.29, 1.82) is 0 Å². The second-order valence-corrected chi connectivity index (χ2v) is 9.82. The lowest BCUT2D eigenvalue weighted by Gasteiger charge is -2.08. The summed E-state index contributed by atoms with van der Waals surface area (Å²) in [5.74, 6) is -0.841. The number of esters is 2. The molecule has 0 unspecified atom stereocenters. The summed E-state index contributed by atoms with van der Waals surface area (Å²) < 4.78 is 59.2. The molecule has 8 nitrogen and oxygen atoms in total. The standard InChI is InChI=1S/C17H16O8S2/c1-12(18)24-14-3-7-16(8-4-14)26(20,21)11-27(22,23)17-9-5-15(6-10-17)25-13(2)19/h3-10H,11H2,1-2H3. The minimum atomic E-state index is -4.15. The van der Waals surface area contributed by atoms with Gasteiger partial charge >= 0.3 is 11.9 Å². The maximum absolute atomic E-state index is 12.4. The van der Waals surface area contributed by atoms with Crippen molar-refractivity contribution in [3.8, 4) is 11.5 Å². The predicted octanol–water partition coefficient (Wildman–Crippen LogP) is 1.74. The molecule has 0 spiro atoms. The van der Waals surface area contributed by atoms with E-state index in [4.69, 9.17) is 9.47 Å². The van der Waals surface area contributed by atoms with Crippen molar-refractivity contribution < 1.29 is 35.9 Å². The molecular formula is C17H16O8S2. The van der Waals surface area contributed by atoms with Crippen LogP contribution in [0.4, 0.5) is 0 Å². The van der Waals surface area contributed by atoms with Crippen LogP contribution >= 0.6 is 0 Å². The van der Waals surface area contributed by atoms with Gasteiger partial charge in [-0.15, -0.1) is 0 Å². The van der Waals surface area contributed by atoms with Gasteiger partial charge in [-0.3, -0.25) is 9.59 Å². The molecule has 2 rings (SSSR count). The Labute approximate surface area is 156 Å². The van der Waals surface area contributed by atoms with Crippen molar-refractivity contribution in [2.75, 3.05) is 5.08 Å². The zero-order valence-electron chi connectivity index (χ0n) is 14.4. The molecule has 144 valence electrons. The fraction of sp³-hybridized carbons (Fsp3) is 0.176. The highest BCUT2D eigenvalue weighted by atomic mass is 32.3. The van der Waals surface area contributed by atoms with Gasteiger partial charge in [0.15, 0.2) is 24.8 Å². The molecule has 0 amide bonds. The molecule has 0 heterocycles. The first-order valence-corrected chi connectivity index (χ1v) is 10.8. The van der Waals surface area contributed by atoms with Crippen LogP contribution in [0.2, 0.25) is 0 Å². The van der Waals surface area contributed by atoms with E-state index in [9.17, 15) is 26.4 Å². The zero-order chi connectivity index (χ0) is 20.2. The zero-order valence-corrected chi connectivity index (χ0v) is 16.0. The topological polar surface area (TPSA) is 121 Å². The van der Waals surface area contributed by atoms with E-state index in [-0.39, 0.29) is 21.3 Å². The van der Waals surface area contributed by atoms with Gasteiger partial charge in [0.05, 0.1) is 9.79 Å². The molecule has 0 bridgehead atoms. The minimum absolute atomic E-state index is 0.144. The molecular weight excluding hydrogens is 396 g/mol. The van der Waals surface area contributed by atoms with E-state index < -0.39 is 36.7 Å². The Morgan fingerprint density at radius 3 is 1.22 bits per heavy atom. The van der Waals surface area contributed by atoms with Gasteiger partial charge in [0, 0.05) is 13.8 Å². The highest BCUT2D eigenvalue weighted by molar-refractivity contribution is 8.08. The smallest absolute Gasteiger partial charge is 0.308 e. The van der Waals surface area contributed by atoms with E-state index in [0.717, 1.165) is 24.3 Å². The number of rotatable bonds is 6. The van der Waals surface area contributed by atoms with Crippen LogP contribution in [0.3, 0.4) is 0 Å². The summed E-state index contributed by atoms with van der Waals surface area (Å²) in [6.07, 6.45) is 0. The third-order valence-electron chi connectivity index (χ3n) is 3.20. The van der Waals surface area contributed by atoms with Gasteiger partial charge in [0.1, 0.15) is 11.5 Å². The van der Waals surface area contributed by atoms with Gasteiger partial charge in [0.2, 0.25) is 0 Å². The van der Waals surface area contributed by atoms with E-state index in [1.807, 2.05) is 0 Å². The Morgan fingerprint density at radius 1 is 0.667 bits per heavy atom. The van der Waals surface area contributed by atoms with Gasteiger partial charge in [-0.2, -0.15) is 0 Å². The van der Waals surface area contributed by atoms with Crippen LogP contribution in [0.5, 0.6) is 11.5 Å². The van der Waals surface area contributed by atoms with Crippen molar-refractivity contribution in [3.63, 3.8) is 0 Å². The molecule has 10 heteroatoms. The maximum atomic E-state index is 12.4. The van der Waals surface area contributed by atoms with Crippen LogP contribution in [0.25, 0.3) is 0 Å². The molecule has 0 aliphatic heterocycles. The van der Waals surface area contributed by atoms with Crippen molar-refractivity contribution in [2.45, 2.75) is 23.6 Å². The number of ether oxygens (including phenoxy) is 2. The number of carbonyl (C=O) groups excluding carboxylic acids is 2. The van der Waals surface area contributed by atoms with Gasteiger partial charge in [0.25, 0.3) is 0 Å². The van der Waals surface area contributed by atoms with Crippen LogP contribution in [0.1, 0.15) is 13.8 Å². The molecule has 0 aliphatic carbocycles. The monoisotopic (exact) mass is 412 g/mol. The molecule has 0 saturated carbocycles. The maximum Gasteiger partial charge on any atom is 0.308 e. The summed E-state index contributed by atoms with van der Waals surface area (Å²) in [5, 5.41) is -1.14. The van der Waals surface area contributed by atoms with Crippen LogP contribution < -0.4 is 9.47 Å². The highest BCUT2D eigenvalue weighted by Crippen LogP contribution is 2.22. The fourth-order valence-electron chi connectivity index (χ4n) is 2.10. The molecule has 0 aliphatic rings. The molecule has 2 aromatic rings. The lowest BCUT2D eigenvalue weighted by Crippen LogP contribution is -2.17. The molecule has 0 aromatic heterocycles. The van der Waals surface area contributed by atoms with Gasteiger partial charge < -0.3 is 9.47 Å². The molecule has 27 heavy (non-hydrogen) atoms. The first kappa shape index (κ1) is 20.6. The first-order valence-electron chi connectivity index (χ1n) is 7.52. The predicted molar refractivity (Wildman–Crippen MR) is 94.7 cm³/mol. The highest BCUT2D eigenvalue weighted by Gasteiger charge is 2.26. The fourth-order valence-corrected chi connectivity index (χ4v) is 5.93. The molecule has 0 saturated heterocycles. The Morgan fingerprint density at radius 2 is 0.963 bits per heavy atom. The second-order valence-electron chi connectivity index (χ2n) is 5.48. The van der Waals surface area contributed by atoms with E-state index >= 15 is 0 Å². The third-order valence-corrected chi connectivity index (χ3v) is 7.66. The summed E-state index contributed by atoms with van der Waals surface area (Å²) in [6.45, 7) is 2.40. The Kier molecular flexibility index (Phi) is 6.01. The van der Waals surface area contributed by atoms with Crippen LogP contribution in [-0.2, 0) is 29.3 Å². The summed E-state index contributed by atoms with van der Waals surface area (Å²) in [7, 11) is -8.31. The summed E-state index contributed by atoms with van der Waals surface area (Å²) in [6, 6.07) is 9.67. The normalized spacial score (nSPS) is 11.6. The quantitative estimate of drug-likeness (QED) is 0.520. The van der Waals surface area contributed by atoms with E-state index in [1.165, 1.54) is 38.1 Å². The summed E-state index contributed by atoms with van der Waals surface area (Å²) in [4.78, 5) is 21.3.